The highest BCUT2D eigenvalue weighted by Crippen LogP contribution is 2.28. The molecule has 202 valence electrons. The van der Waals surface area contributed by atoms with Gasteiger partial charge in [-0.1, -0.05) is 30.3 Å². The summed E-state index contributed by atoms with van der Waals surface area (Å²) in [7, 11) is 1.58. The number of hydrogen-bond acceptors (Lipinski definition) is 7. The standard InChI is InChI=1S/C30H34FNO6/c1-3-37-30(34)27(29(33)26-12-7-8-14-28(26)38-22-36-21-20-35-2)13-9-19-32(24-10-5-4-6-11-24)25-17-15-23(31)16-18-25/h4-8,10-12,14-18,27H,3,9,13,19-22H2,1-2H3. The second kappa shape index (κ2) is 15.5. The van der Waals surface area contributed by atoms with Crippen LogP contribution in [-0.4, -0.2) is 52.0 Å². The van der Waals surface area contributed by atoms with E-state index in [0.717, 1.165) is 11.4 Å². The summed E-state index contributed by atoms with van der Waals surface area (Å²) in [5.74, 6) is -1.93. The maximum absolute atomic E-state index is 13.6. The Morgan fingerprint density at radius 3 is 2.29 bits per heavy atom. The molecule has 1 atom stereocenters. The van der Waals surface area contributed by atoms with Crippen LogP contribution >= 0.6 is 0 Å². The number of hydrogen-bond donors (Lipinski definition) is 0. The second-order valence-electron chi connectivity index (χ2n) is 8.43. The van der Waals surface area contributed by atoms with E-state index in [1.807, 2.05) is 35.2 Å². The Morgan fingerprint density at radius 2 is 1.58 bits per heavy atom. The molecule has 0 bridgehead atoms. The highest BCUT2D eigenvalue weighted by molar-refractivity contribution is 6.10. The van der Waals surface area contributed by atoms with E-state index in [0.29, 0.717) is 37.5 Å². The summed E-state index contributed by atoms with van der Waals surface area (Å²) in [5.41, 5.74) is 2.02. The van der Waals surface area contributed by atoms with Crippen LogP contribution in [0.15, 0.2) is 78.9 Å². The number of halogens is 1. The zero-order chi connectivity index (χ0) is 27.2. The van der Waals surface area contributed by atoms with Crippen LogP contribution in [0.25, 0.3) is 0 Å². The lowest BCUT2D eigenvalue weighted by Crippen LogP contribution is -2.28. The molecule has 0 aromatic heterocycles. The lowest BCUT2D eigenvalue weighted by atomic mass is 9.92. The van der Waals surface area contributed by atoms with Gasteiger partial charge in [-0.2, -0.15) is 0 Å². The molecule has 0 aliphatic carbocycles. The Balaban J connectivity index is 1.75. The Kier molecular flexibility index (Phi) is 11.7. The summed E-state index contributed by atoms with van der Waals surface area (Å²) in [6, 6.07) is 22.7. The van der Waals surface area contributed by atoms with Crippen molar-refractivity contribution in [1.29, 1.82) is 0 Å². The lowest BCUT2D eigenvalue weighted by Gasteiger charge is -2.26. The molecule has 0 saturated heterocycles. The number of ketones is 1. The topological polar surface area (TPSA) is 74.3 Å². The molecule has 0 fully saturated rings. The van der Waals surface area contributed by atoms with E-state index in [4.69, 9.17) is 18.9 Å². The van der Waals surface area contributed by atoms with E-state index in [1.54, 1.807) is 50.4 Å². The van der Waals surface area contributed by atoms with Gasteiger partial charge in [0.2, 0.25) is 0 Å². The predicted molar refractivity (Wildman–Crippen MR) is 143 cm³/mol. The van der Waals surface area contributed by atoms with E-state index in [2.05, 4.69) is 0 Å². The molecule has 0 radical (unpaired) electrons. The lowest BCUT2D eigenvalue weighted by molar-refractivity contribution is -0.146. The fourth-order valence-corrected chi connectivity index (χ4v) is 3.98. The summed E-state index contributed by atoms with van der Waals surface area (Å²) in [4.78, 5) is 28.5. The molecule has 0 aliphatic rings. The predicted octanol–water partition coefficient (Wildman–Crippen LogP) is 5.81. The third-order valence-corrected chi connectivity index (χ3v) is 5.85. The average molecular weight is 524 g/mol. The number of anilines is 2. The number of nitrogens with zero attached hydrogens (tertiary/aromatic N) is 1. The zero-order valence-corrected chi connectivity index (χ0v) is 21.8. The summed E-state index contributed by atoms with van der Waals surface area (Å²) >= 11 is 0. The van der Waals surface area contributed by atoms with Gasteiger partial charge in [-0.15, -0.1) is 0 Å². The normalized spacial score (nSPS) is 11.6. The largest absolute Gasteiger partial charge is 0.467 e. The van der Waals surface area contributed by atoms with Crippen LogP contribution in [0.4, 0.5) is 15.8 Å². The molecule has 0 heterocycles. The van der Waals surface area contributed by atoms with Gasteiger partial charge in [0.25, 0.3) is 0 Å². The minimum absolute atomic E-state index is 0.0541. The number of para-hydroxylation sites is 2. The van der Waals surface area contributed by atoms with Crippen LogP contribution in [0.1, 0.15) is 30.1 Å². The molecule has 0 amide bonds. The van der Waals surface area contributed by atoms with Gasteiger partial charge < -0.3 is 23.8 Å². The van der Waals surface area contributed by atoms with Crippen molar-refractivity contribution in [2.24, 2.45) is 5.92 Å². The summed E-state index contributed by atoms with van der Waals surface area (Å²) in [6.07, 6.45) is 0.769. The van der Waals surface area contributed by atoms with E-state index >= 15 is 0 Å². The van der Waals surface area contributed by atoms with Crippen LogP contribution in [0.2, 0.25) is 0 Å². The van der Waals surface area contributed by atoms with Crippen molar-refractivity contribution in [3.8, 4) is 5.75 Å². The molecule has 3 aromatic carbocycles. The minimum Gasteiger partial charge on any atom is -0.467 e. The molecule has 1 unspecified atom stereocenters. The van der Waals surface area contributed by atoms with Crippen molar-refractivity contribution >= 4 is 23.1 Å². The zero-order valence-electron chi connectivity index (χ0n) is 21.8. The van der Waals surface area contributed by atoms with Gasteiger partial charge in [0.15, 0.2) is 12.6 Å². The van der Waals surface area contributed by atoms with Crippen molar-refractivity contribution in [3.05, 3.63) is 90.2 Å². The fourth-order valence-electron chi connectivity index (χ4n) is 3.98. The van der Waals surface area contributed by atoms with Crippen LogP contribution in [0.3, 0.4) is 0 Å². The Bertz CT molecular complexity index is 1140. The van der Waals surface area contributed by atoms with E-state index in [-0.39, 0.29) is 31.4 Å². The number of esters is 1. The van der Waals surface area contributed by atoms with Gasteiger partial charge in [0.05, 0.1) is 25.4 Å². The summed E-state index contributed by atoms with van der Waals surface area (Å²) < 4.78 is 34.8. The third kappa shape index (κ3) is 8.39. The number of benzene rings is 3. The van der Waals surface area contributed by atoms with Crippen LogP contribution in [0.5, 0.6) is 5.75 Å². The number of Topliss-reactive ketones (excluding diaryl/α,β-unsaturated/α-hetero) is 1. The number of carbonyl (C=O) groups is 2. The van der Waals surface area contributed by atoms with E-state index in [1.165, 1.54) is 12.1 Å². The Labute approximate surface area is 223 Å². The maximum Gasteiger partial charge on any atom is 0.316 e. The van der Waals surface area contributed by atoms with E-state index in [9.17, 15) is 14.0 Å². The number of methoxy groups -OCH3 is 1. The average Bonchev–Trinajstić information content (AvgIpc) is 2.94. The van der Waals surface area contributed by atoms with Crippen molar-refractivity contribution < 1.29 is 32.9 Å². The molecule has 0 saturated carbocycles. The molecule has 3 aromatic rings. The SMILES string of the molecule is CCOC(=O)C(CCCN(c1ccccc1)c1ccc(F)cc1)C(=O)c1ccccc1OCOCCOC. The van der Waals surface area contributed by atoms with Crippen LogP contribution in [0, 0.1) is 11.7 Å². The van der Waals surface area contributed by atoms with Gasteiger partial charge in [-0.25, -0.2) is 4.39 Å². The molecular weight excluding hydrogens is 489 g/mol. The molecular formula is C30H34FNO6. The van der Waals surface area contributed by atoms with E-state index < -0.39 is 11.9 Å². The van der Waals surface area contributed by atoms with Gasteiger partial charge in [0.1, 0.15) is 17.5 Å². The van der Waals surface area contributed by atoms with Crippen molar-refractivity contribution in [2.45, 2.75) is 19.8 Å². The molecule has 0 spiro atoms. The first-order chi connectivity index (χ1) is 18.5. The highest BCUT2D eigenvalue weighted by atomic mass is 19.1. The second-order valence-corrected chi connectivity index (χ2v) is 8.43. The van der Waals surface area contributed by atoms with Gasteiger partial charge in [-0.05, 0) is 68.3 Å². The van der Waals surface area contributed by atoms with Crippen LogP contribution < -0.4 is 9.64 Å². The van der Waals surface area contributed by atoms with Crippen molar-refractivity contribution in [1.82, 2.24) is 0 Å². The van der Waals surface area contributed by atoms with Crippen molar-refractivity contribution in [3.63, 3.8) is 0 Å². The summed E-state index contributed by atoms with van der Waals surface area (Å²) in [5, 5.41) is 0. The number of rotatable bonds is 16. The molecule has 38 heavy (non-hydrogen) atoms. The Morgan fingerprint density at radius 1 is 0.895 bits per heavy atom. The fraction of sp³-hybridized carbons (Fsp3) is 0.333. The molecule has 8 heteroatoms. The quantitative estimate of drug-likeness (QED) is 0.0772. The van der Waals surface area contributed by atoms with Gasteiger partial charge >= 0.3 is 5.97 Å². The van der Waals surface area contributed by atoms with Crippen LogP contribution in [-0.2, 0) is 19.0 Å². The number of carbonyl (C=O) groups excluding carboxylic acids is 2. The number of ether oxygens (including phenoxy) is 4. The molecule has 3 rings (SSSR count). The molecule has 7 nitrogen and oxygen atoms in total. The summed E-state index contributed by atoms with van der Waals surface area (Å²) in [6.45, 7) is 3.10. The first-order valence-electron chi connectivity index (χ1n) is 12.6. The third-order valence-electron chi connectivity index (χ3n) is 5.85. The maximum atomic E-state index is 13.6. The highest BCUT2D eigenvalue weighted by Gasteiger charge is 2.30. The monoisotopic (exact) mass is 523 g/mol. The van der Waals surface area contributed by atoms with Gasteiger partial charge in [-0.3, -0.25) is 9.59 Å². The minimum atomic E-state index is -1.00. The Hall–Kier alpha value is -3.75. The van der Waals surface area contributed by atoms with Crippen molar-refractivity contribution in [2.75, 3.05) is 45.2 Å². The molecule has 0 N–H and O–H groups in total. The first-order valence-corrected chi connectivity index (χ1v) is 12.6. The smallest absolute Gasteiger partial charge is 0.316 e. The first kappa shape index (κ1) is 28.8. The van der Waals surface area contributed by atoms with Gasteiger partial charge in [0, 0.05) is 25.0 Å². The molecule has 0 aliphatic heterocycles.